The van der Waals surface area contributed by atoms with Gasteiger partial charge < -0.3 is 4.90 Å². The van der Waals surface area contributed by atoms with E-state index >= 15 is 0 Å². The molecule has 0 aromatic carbocycles. The molecule has 0 aromatic heterocycles. The van der Waals surface area contributed by atoms with E-state index in [9.17, 15) is 0 Å². The zero-order valence-corrected chi connectivity index (χ0v) is 9.84. The maximum absolute atomic E-state index is 2.49. The van der Waals surface area contributed by atoms with E-state index in [0.29, 0.717) is 0 Å². The van der Waals surface area contributed by atoms with Crippen LogP contribution in [0.4, 0.5) is 0 Å². The van der Waals surface area contributed by atoms with Crippen LogP contribution < -0.4 is 0 Å². The van der Waals surface area contributed by atoms with E-state index in [0.717, 1.165) is 17.8 Å². The average molecular weight is 195 g/mol. The Morgan fingerprint density at radius 1 is 0.786 bits per heavy atom. The fourth-order valence-corrected chi connectivity index (χ4v) is 3.26. The molecule has 1 aliphatic carbocycles. The van der Waals surface area contributed by atoms with Gasteiger partial charge in [0.25, 0.3) is 0 Å². The highest BCUT2D eigenvalue weighted by Crippen LogP contribution is 2.37. The first-order chi connectivity index (χ1) is 6.75. The van der Waals surface area contributed by atoms with Gasteiger partial charge in [-0.05, 0) is 63.6 Å². The molecule has 2 fully saturated rings. The summed E-state index contributed by atoms with van der Waals surface area (Å²) >= 11 is 0. The van der Waals surface area contributed by atoms with E-state index in [1.165, 1.54) is 51.6 Å². The zero-order chi connectivity index (χ0) is 9.97. The van der Waals surface area contributed by atoms with E-state index in [4.69, 9.17) is 0 Å². The van der Waals surface area contributed by atoms with Crippen LogP contribution in [0.2, 0.25) is 0 Å². The Bertz CT molecular complexity index is 142. The molecule has 0 spiro atoms. The molecular formula is C13H25N. The molecule has 0 unspecified atom stereocenters. The van der Waals surface area contributed by atoms with Crippen LogP contribution in [0.3, 0.4) is 0 Å². The van der Waals surface area contributed by atoms with Gasteiger partial charge in [0.1, 0.15) is 0 Å². The van der Waals surface area contributed by atoms with Gasteiger partial charge in [0, 0.05) is 0 Å². The molecule has 0 N–H and O–H groups in total. The van der Waals surface area contributed by atoms with Crippen LogP contribution in [0.1, 0.15) is 45.4 Å². The van der Waals surface area contributed by atoms with Crippen LogP contribution in [0.5, 0.6) is 0 Å². The van der Waals surface area contributed by atoms with Crippen LogP contribution >= 0.6 is 0 Å². The fraction of sp³-hybridized carbons (Fsp3) is 1.00. The van der Waals surface area contributed by atoms with E-state index in [-0.39, 0.29) is 0 Å². The lowest BCUT2D eigenvalue weighted by atomic mass is 9.73. The zero-order valence-electron chi connectivity index (χ0n) is 9.84. The van der Waals surface area contributed by atoms with Gasteiger partial charge in [0.05, 0.1) is 0 Å². The molecule has 0 amide bonds. The smallest absolute Gasteiger partial charge is 0.00190 e. The summed E-state index contributed by atoms with van der Waals surface area (Å²) in [5.41, 5.74) is 0. The van der Waals surface area contributed by atoms with Crippen LogP contribution in [-0.4, -0.2) is 25.0 Å². The maximum atomic E-state index is 2.49. The lowest BCUT2D eigenvalue weighted by Crippen LogP contribution is -2.34. The second-order valence-corrected chi connectivity index (χ2v) is 5.66. The third kappa shape index (κ3) is 2.50. The van der Waals surface area contributed by atoms with Crippen molar-refractivity contribution in [1.29, 1.82) is 0 Å². The van der Waals surface area contributed by atoms with Crippen molar-refractivity contribution in [3.63, 3.8) is 0 Å². The quantitative estimate of drug-likeness (QED) is 0.621. The molecule has 14 heavy (non-hydrogen) atoms. The molecule has 1 saturated heterocycles. The van der Waals surface area contributed by atoms with Gasteiger partial charge in [-0.25, -0.2) is 0 Å². The largest absolute Gasteiger partial charge is 0.306 e. The van der Waals surface area contributed by atoms with Crippen molar-refractivity contribution in [3.8, 4) is 0 Å². The normalized spacial score (nSPS) is 37.3. The lowest BCUT2D eigenvalue weighted by Gasteiger charge is -2.37. The SMILES string of the molecule is CN1CCC([C@H]2CC[C@@H](C)CC2)CC1. The molecule has 0 radical (unpaired) electrons. The second-order valence-electron chi connectivity index (χ2n) is 5.66. The Balaban J connectivity index is 1.78. The molecule has 2 rings (SSSR count). The number of hydrogen-bond acceptors (Lipinski definition) is 1. The molecule has 1 aliphatic heterocycles. The van der Waals surface area contributed by atoms with Gasteiger partial charge in [-0.1, -0.05) is 19.8 Å². The van der Waals surface area contributed by atoms with Crippen molar-refractivity contribution in [2.24, 2.45) is 17.8 Å². The third-order valence-electron chi connectivity index (χ3n) is 4.49. The van der Waals surface area contributed by atoms with Gasteiger partial charge in [-0.2, -0.15) is 0 Å². The molecule has 0 aromatic rings. The molecular weight excluding hydrogens is 170 g/mol. The summed E-state index contributed by atoms with van der Waals surface area (Å²) in [5, 5.41) is 0. The highest BCUT2D eigenvalue weighted by Gasteiger charge is 2.27. The molecule has 0 atom stereocenters. The van der Waals surface area contributed by atoms with Crippen molar-refractivity contribution < 1.29 is 0 Å². The number of nitrogens with zero attached hydrogens (tertiary/aromatic N) is 1. The van der Waals surface area contributed by atoms with Crippen molar-refractivity contribution in [1.82, 2.24) is 4.90 Å². The van der Waals surface area contributed by atoms with Crippen LogP contribution in [0.25, 0.3) is 0 Å². The molecule has 0 bridgehead atoms. The van der Waals surface area contributed by atoms with Crippen molar-refractivity contribution >= 4 is 0 Å². The van der Waals surface area contributed by atoms with Crippen molar-refractivity contribution in [2.45, 2.75) is 45.4 Å². The Labute approximate surface area is 88.9 Å². The molecule has 82 valence electrons. The second kappa shape index (κ2) is 4.65. The molecule has 1 heterocycles. The number of likely N-dealkylation sites (tertiary alicyclic amines) is 1. The third-order valence-corrected chi connectivity index (χ3v) is 4.49. The molecule has 1 heteroatoms. The summed E-state index contributed by atoms with van der Waals surface area (Å²) in [6, 6.07) is 0. The molecule has 1 nitrogen and oxygen atoms in total. The molecule has 2 aliphatic rings. The minimum absolute atomic E-state index is 1.01. The summed E-state index contributed by atoms with van der Waals surface area (Å²) in [6.45, 7) is 5.11. The van der Waals surface area contributed by atoms with Gasteiger partial charge >= 0.3 is 0 Å². The standard InChI is InChI=1S/C13H25N/c1-11-3-5-12(6-4-11)13-7-9-14(2)10-8-13/h11-13H,3-10H2,1-2H3/t11-,12+. The maximum Gasteiger partial charge on any atom is -0.00190 e. The average Bonchev–Trinajstić information content (AvgIpc) is 2.21. The topological polar surface area (TPSA) is 3.24 Å². The highest BCUT2D eigenvalue weighted by molar-refractivity contribution is 4.80. The Morgan fingerprint density at radius 3 is 1.86 bits per heavy atom. The monoisotopic (exact) mass is 195 g/mol. The molecule has 1 saturated carbocycles. The lowest BCUT2D eigenvalue weighted by molar-refractivity contribution is 0.132. The van der Waals surface area contributed by atoms with Gasteiger partial charge in [-0.3, -0.25) is 0 Å². The van der Waals surface area contributed by atoms with Gasteiger partial charge in [-0.15, -0.1) is 0 Å². The Kier molecular flexibility index (Phi) is 3.48. The summed E-state index contributed by atoms with van der Waals surface area (Å²) in [6.07, 6.45) is 8.98. The number of hydrogen-bond donors (Lipinski definition) is 0. The minimum atomic E-state index is 1.01. The summed E-state index contributed by atoms with van der Waals surface area (Å²) in [5.74, 6) is 3.16. The van der Waals surface area contributed by atoms with E-state index in [1.807, 2.05) is 0 Å². The first kappa shape index (κ1) is 10.5. The summed E-state index contributed by atoms with van der Waals surface area (Å²) in [7, 11) is 2.26. The van der Waals surface area contributed by atoms with Gasteiger partial charge in [0.15, 0.2) is 0 Å². The van der Waals surface area contributed by atoms with Crippen molar-refractivity contribution in [2.75, 3.05) is 20.1 Å². The predicted octanol–water partition coefficient (Wildman–Crippen LogP) is 3.15. The first-order valence-electron chi connectivity index (χ1n) is 6.44. The number of rotatable bonds is 1. The Morgan fingerprint density at radius 2 is 1.29 bits per heavy atom. The van der Waals surface area contributed by atoms with Gasteiger partial charge in [0.2, 0.25) is 0 Å². The van der Waals surface area contributed by atoms with Crippen LogP contribution in [0.15, 0.2) is 0 Å². The minimum Gasteiger partial charge on any atom is -0.306 e. The fourth-order valence-electron chi connectivity index (χ4n) is 3.26. The first-order valence-corrected chi connectivity index (χ1v) is 6.44. The predicted molar refractivity (Wildman–Crippen MR) is 61.3 cm³/mol. The summed E-state index contributed by atoms with van der Waals surface area (Å²) < 4.78 is 0. The van der Waals surface area contributed by atoms with Crippen LogP contribution in [-0.2, 0) is 0 Å². The van der Waals surface area contributed by atoms with E-state index in [1.54, 1.807) is 0 Å². The highest BCUT2D eigenvalue weighted by atomic mass is 15.1. The number of piperidine rings is 1. The van der Waals surface area contributed by atoms with E-state index in [2.05, 4.69) is 18.9 Å². The van der Waals surface area contributed by atoms with E-state index < -0.39 is 0 Å². The Hall–Kier alpha value is -0.0400. The van der Waals surface area contributed by atoms with Crippen molar-refractivity contribution in [3.05, 3.63) is 0 Å². The van der Waals surface area contributed by atoms with Crippen LogP contribution in [0, 0.1) is 17.8 Å². The summed E-state index contributed by atoms with van der Waals surface area (Å²) in [4.78, 5) is 2.49.